The molecule has 0 aromatic carbocycles. The number of ether oxygens (including phenoxy) is 1. The number of thioether (sulfide) groups is 1. The largest absolute Gasteiger partial charge is 0.469 e. The molecule has 0 saturated heterocycles. The molecule has 0 radical (unpaired) electrons. The summed E-state index contributed by atoms with van der Waals surface area (Å²) in [5.41, 5.74) is 0. The van der Waals surface area contributed by atoms with E-state index in [1.165, 1.54) is 7.11 Å². The van der Waals surface area contributed by atoms with E-state index in [1.54, 1.807) is 0 Å². The Morgan fingerprint density at radius 1 is 1.33 bits per heavy atom. The van der Waals surface area contributed by atoms with Gasteiger partial charge in [0, 0.05) is 5.75 Å². The van der Waals surface area contributed by atoms with E-state index in [1.807, 2.05) is 18.7 Å². The van der Waals surface area contributed by atoms with Gasteiger partial charge in [-0.2, -0.15) is 11.8 Å². The van der Waals surface area contributed by atoms with E-state index in [4.69, 9.17) is 0 Å². The molecule has 0 saturated carbocycles. The molecular formula is C9H18O2S. The molecule has 0 aromatic heterocycles. The quantitative estimate of drug-likeness (QED) is 0.622. The average Bonchev–Trinajstić information content (AvgIpc) is 2.02. The van der Waals surface area contributed by atoms with Crippen molar-refractivity contribution in [3.63, 3.8) is 0 Å². The third-order valence-corrected chi connectivity index (χ3v) is 3.06. The summed E-state index contributed by atoms with van der Waals surface area (Å²) in [6.07, 6.45) is 0. The maximum absolute atomic E-state index is 11.0. The van der Waals surface area contributed by atoms with Gasteiger partial charge in [0.25, 0.3) is 0 Å². The van der Waals surface area contributed by atoms with E-state index < -0.39 is 0 Å². The van der Waals surface area contributed by atoms with Gasteiger partial charge in [-0.25, -0.2) is 0 Å². The second-order valence-electron chi connectivity index (χ2n) is 3.36. The number of carbonyl (C=O) groups excluding carboxylic acids is 1. The van der Waals surface area contributed by atoms with Gasteiger partial charge in [-0.1, -0.05) is 20.8 Å². The molecule has 0 aliphatic heterocycles. The van der Waals surface area contributed by atoms with Crippen molar-refractivity contribution < 1.29 is 9.53 Å². The van der Waals surface area contributed by atoms with Crippen LogP contribution in [0.4, 0.5) is 0 Å². The predicted octanol–water partition coefficient (Wildman–Crippen LogP) is 2.18. The van der Waals surface area contributed by atoms with Gasteiger partial charge in [-0.15, -0.1) is 0 Å². The highest BCUT2D eigenvalue weighted by atomic mass is 32.2. The average molecular weight is 190 g/mol. The first-order valence-corrected chi connectivity index (χ1v) is 5.39. The second-order valence-corrected chi connectivity index (χ2v) is 4.43. The Morgan fingerprint density at radius 3 is 2.33 bits per heavy atom. The van der Waals surface area contributed by atoms with Crippen molar-refractivity contribution in [3.8, 4) is 0 Å². The highest BCUT2D eigenvalue weighted by Gasteiger charge is 2.12. The molecule has 72 valence electrons. The molecule has 0 aliphatic rings. The SMILES string of the molecule is COC(=O)C(C)CSCC(C)C. The maximum atomic E-state index is 11.0. The van der Waals surface area contributed by atoms with Crippen LogP contribution in [0.3, 0.4) is 0 Å². The molecule has 3 heteroatoms. The molecule has 0 heterocycles. The zero-order valence-electron chi connectivity index (χ0n) is 8.29. The van der Waals surface area contributed by atoms with Crippen LogP contribution in [0.2, 0.25) is 0 Å². The van der Waals surface area contributed by atoms with Gasteiger partial charge in [0.05, 0.1) is 13.0 Å². The Morgan fingerprint density at radius 2 is 1.92 bits per heavy atom. The molecule has 0 bridgehead atoms. The van der Waals surface area contributed by atoms with Crippen LogP contribution in [-0.4, -0.2) is 24.6 Å². The smallest absolute Gasteiger partial charge is 0.309 e. The molecule has 0 aliphatic carbocycles. The molecule has 0 fully saturated rings. The predicted molar refractivity (Wildman–Crippen MR) is 53.3 cm³/mol. The Balaban J connectivity index is 3.43. The second kappa shape index (κ2) is 6.35. The van der Waals surface area contributed by atoms with Crippen LogP contribution < -0.4 is 0 Å². The van der Waals surface area contributed by atoms with Crippen LogP contribution in [0, 0.1) is 11.8 Å². The topological polar surface area (TPSA) is 26.3 Å². The summed E-state index contributed by atoms with van der Waals surface area (Å²) < 4.78 is 4.62. The van der Waals surface area contributed by atoms with Crippen LogP contribution in [0.25, 0.3) is 0 Å². The van der Waals surface area contributed by atoms with E-state index in [-0.39, 0.29) is 11.9 Å². The number of hydrogen-bond donors (Lipinski definition) is 0. The summed E-state index contributed by atoms with van der Waals surface area (Å²) in [7, 11) is 1.44. The summed E-state index contributed by atoms with van der Waals surface area (Å²) >= 11 is 1.81. The standard InChI is InChI=1S/C9H18O2S/c1-7(2)5-12-6-8(3)9(10)11-4/h7-8H,5-6H2,1-4H3. The van der Waals surface area contributed by atoms with Crippen molar-refractivity contribution in [2.75, 3.05) is 18.6 Å². The summed E-state index contributed by atoms with van der Waals surface area (Å²) in [5, 5.41) is 0. The van der Waals surface area contributed by atoms with Crippen molar-refractivity contribution >= 4 is 17.7 Å². The number of carbonyl (C=O) groups is 1. The van der Waals surface area contributed by atoms with Crippen LogP contribution in [0.1, 0.15) is 20.8 Å². The van der Waals surface area contributed by atoms with Gasteiger partial charge in [-0.3, -0.25) is 4.79 Å². The first kappa shape index (κ1) is 11.8. The lowest BCUT2D eigenvalue weighted by Crippen LogP contribution is -2.15. The van der Waals surface area contributed by atoms with Gasteiger partial charge in [-0.05, 0) is 11.7 Å². The molecule has 0 N–H and O–H groups in total. The first-order valence-electron chi connectivity index (χ1n) is 4.23. The van der Waals surface area contributed by atoms with E-state index in [2.05, 4.69) is 18.6 Å². The van der Waals surface area contributed by atoms with Crippen LogP contribution in [0.5, 0.6) is 0 Å². The van der Waals surface area contributed by atoms with Gasteiger partial charge in [0.2, 0.25) is 0 Å². The van der Waals surface area contributed by atoms with Crippen LogP contribution in [0.15, 0.2) is 0 Å². The van der Waals surface area contributed by atoms with E-state index in [0.29, 0.717) is 5.92 Å². The minimum atomic E-state index is -0.105. The normalized spacial score (nSPS) is 13.1. The lowest BCUT2D eigenvalue weighted by atomic mass is 10.2. The molecule has 1 atom stereocenters. The lowest BCUT2D eigenvalue weighted by Gasteiger charge is -2.09. The summed E-state index contributed by atoms with van der Waals surface area (Å²) in [5.74, 6) is 2.59. The summed E-state index contributed by atoms with van der Waals surface area (Å²) in [6, 6.07) is 0. The minimum absolute atomic E-state index is 0.0266. The van der Waals surface area contributed by atoms with Gasteiger partial charge in [0.1, 0.15) is 0 Å². The molecule has 0 spiro atoms. The van der Waals surface area contributed by atoms with Crippen molar-refractivity contribution in [3.05, 3.63) is 0 Å². The first-order chi connectivity index (χ1) is 5.57. The summed E-state index contributed by atoms with van der Waals surface area (Å²) in [4.78, 5) is 11.0. The van der Waals surface area contributed by atoms with Crippen molar-refractivity contribution in [1.82, 2.24) is 0 Å². The Labute approximate surface area is 79.1 Å². The third kappa shape index (κ3) is 5.47. The van der Waals surface area contributed by atoms with Crippen molar-refractivity contribution in [1.29, 1.82) is 0 Å². The zero-order valence-corrected chi connectivity index (χ0v) is 9.11. The van der Waals surface area contributed by atoms with E-state index in [0.717, 1.165) is 11.5 Å². The fourth-order valence-electron chi connectivity index (χ4n) is 0.750. The van der Waals surface area contributed by atoms with Crippen LogP contribution >= 0.6 is 11.8 Å². The van der Waals surface area contributed by atoms with Crippen molar-refractivity contribution in [2.24, 2.45) is 11.8 Å². The van der Waals surface area contributed by atoms with Gasteiger partial charge >= 0.3 is 5.97 Å². The van der Waals surface area contributed by atoms with Crippen LogP contribution in [-0.2, 0) is 9.53 Å². The maximum Gasteiger partial charge on any atom is 0.309 e. The van der Waals surface area contributed by atoms with Gasteiger partial charge < -0.3 is 4.74 Å². The monoisotopic (exact) mass is 190 g/mol. The number of hydrogen-bond acceptors (Lipinski definition) is 3. The fraction of sp³-hybridized carbons (Fsp3) is 0.889. The lowest BCUT2D eigenvalue weighted by molar-refractivity contribution is -0.143. The molecule has 12 heavy (non-hydrogen) atoms. The minimum Gasteiger partial charge on any atom is -0.469 e. The molecule has 0 amide bonds. The Hall–Kier alpha value is -0.180. The molecule has 0 aromatic rings. The highest BCUT2D eigenvalue weighted by molar-refractivity contribution is 7.99. The highest BCUT2D eigenvalue weighted by Crippen LogP contribution is 2.12. The summed E-state index contributed by atoms with van der Waals surface area (Å²) in [6.45, 7) is 6.25. The number of methoxy groups -OCH3 is 1. The number of rotatable bonds is 5. The molecule has 2 nitrogen and oxygen atoms in total. The zero-order chi connectivity index (χ0) is 9.56. The molecule has 0 rings (SSSR count). The third-order valence-electron chi connectivity index (χ3n) is 1.42. The Kier molecular flexibility index (Phi) is 6.25. The molecular weight excluding hydrogens is 172 g/mol. The van der Waals surface area contributed by atoms with Gasteiger partial charge in [0.15, 0.2) is 0 Å². The van der Waals surface area contributed by atoms with Crippen molar-refractivity contribution in [2.45, 2.75) is 20.8 Å². The number of esters is 1. The Bertz CT molecular complexity index is 134. The van der Waals surface area contributed by atoms with E-state index >= 15 is 0 Å². The molecule has 1 unspecified atom stereocenters. The van der Waals surface area contributed by atoms with E-state index in [9.17, 15) is 4.79 Å². The fourth-order valence-corrected chi connectivity index (χ4v) is 1.85.